The molecule has 0 unspecified atom stereocenters. The van der Waals surface area contributed by atoms with E-state index in [1.54, 1.807) is 12.1 Å². The summed E-state index contributed by atoms with van der Waals surface area (Å²) in [6.07, 6.45) is 0. The van der Waals surface area contributed by atoms with Crippen LogP contribution in [0, 0.1) is 11.3 Å². The van der Waals surface area contributed by atoms with Crippen LogP contribution >= 0.6 is 22.9 Å². The number of piperazine rings is 1. The fourth-order valence-electron chi connectivity index (χ4n) is 3.01. The van der Waals surface area contributed by atoms with E-state index in [1.165, 1.54) is 11.3 Å². The molecule has 0 saturated carbocycles. The Bertz CT molecular complexity index is 1000. The minimum atomic E-state index is 0.0438. The summed E-state index contributed by atoms with van der Waals surface area (Å²) < 4.78 is 5.89. The standard InChI is InChI=1S/C19H15ClN4O2S/c20-14-4-1-3-13(11-14)17-22-15(12-21)19(26-17)24-8-6-23(7-9-24)18(25)16-5-2-10-27-16/h1-5,10-11H,6-9H2. The van der Waals surface area contributed by atoms with Crippen LogP contribution in [0.25, 0.3) is 11.5 Å². The molecule has 4 rings (SSSR count). The molecule has 1 aliphatic heterocycles. The second-order valence-corrected chi connectivity index (χ2v) is 7.44. The molecule has 1 aliphatic rings. The third-order valence-electron chi connectivity index (χ3n) is 4.37. The van der Waals surface area contributed by atoms with Gasteiger partial charge in [-0.2, -0.15) is 10.2 Å². The average Bonchev–Trinajstić information content (AvgIpc) is 3.37. The third-order valence-corrected chi connectivity index (χ3v) is 5.47. The van der Waals surface area contributed by atoms with Gasteiger partial charge in [-0.1, -0.05) is 23.7 Å². The van der Waals surface area contributed by atoms with Crippen LogP contribution in [0.1, 0.15) is 15.4 Å². The molecular weight excluding hydrogens is 384 g/mol. The van der Waals surface area contributed by atoms with Crippen LogP contribution in [-0.2, 0) is 0 Å². The number of carbonyl (C=O) groups excluding carboxylic acids is 1. The van der Waals surface area contributed by atoms with Crippen molar-refractivity contribution in [2.75, 3.05) is 31.1 Å². The highest BCUT2D eigenvalue weighted by Gasteiger charge is 2.27. The lowest BCUT2D eigenvalue weighted by molar-refractivity contribution is 0.0750. The van der Waals surface area contributed by atoms with Crippen molar-refractivity contribution in [2.45, 2.75) is 0 Å². The van der Waals surface area contributed by atoms with E-state index in [2.05, 4.69) is 11.1 Å². The average molecular weight is 399 g/mol. The molecule has 3 aromatic rings. The number of oxazole rings is 1. The Balaban J connectivity index is 1.51. The van der Waals surface area contributed by atoms with Crippen molar-refractivity contribution in [1.82, 2.24) is 9.88 Å². The number of amides is 1. The highest BCUT2D eigenvalue weighted by Crippen LogP contribution is 2.30. The van der Waals surface area contributed by atoms with E-state index in [4.69, 9.17) is 16.0 Å². The summed E-state index contributed by atoms with van der Waals surface area (Å²) in [4.78, 5) is 21.3. The SMILES string of the molecule is N#Cc1nc(-c2cccc(Cl)c2)oc1N1CCN(C(=O)c2cccs2)CC1. The van der Waals surface area contributed by atoms with Gasteiger partial charge in [0.2, 0.25) is 17.5 Å². The molecule has 6 nitrogen and oxygen atoms in total. The number of rotatable bonds is 3. The molecule has 1 fully saturated rings. The zero-order chi connectivity index (χ0) is 18.8. The Labute approximate surface area is 165 Å². The van der Waals surface area contributed by atoms with E-state index in [9.17, 15) is 10.1 Å². The number of carbonyl (C=O) groups is 1. The lowest BCUT2D eigenvalue weighted by Crippen LogP contribution is -2.48. The van der Waals surface area contributed by atoms with Gasteiger partial charge in [-0.25, -0.2) is 0 Å². The topological polar surface area (TPSA) is 73.4 Å². The molecule has 136 valence electrons. The van der Waals surface area contributed by atoms with Crippen molar-refractivity contribution < 1.29 is 9.21 Å². The molecule has 0 N–H and O–H groups in total. The Morgan fingerprint density at radius 1 is 1.22 bits per heavy atom. The number of anilines is 1. The van der Waals surface area contributed by atoms with Crippen molar-refractivity contribution >= 4 is 34.7 Å². The molecule has 0 spiro atoms. The Morgan fingerprint density at radius 2 is 2.04 bits per heavy atom. The summed E-state index contributed by atoms with van der Waals surface area (Å²) in [5.74, 6) is 0.846. The van der Waals surface area contributed by atoms with E-state index in [1.807, 2.05) is 39.4 Å². The predicted octanol–water partition coefficient (Wildman–Crippen LogP) is 3.89. The zero-order valence-electron chi connectivity index (χ0n) is 14.3. The smallest absolute Gasteiger partial charge is 0.264 e. The molecule has 1 saturated heterocycles. The van der Waals surface area contributed by atoms with E-state index in [0.717, 1.165) is 10.4 Å². The van der Waals surface area contributed by atoms with Crippen molar-refractivity contribution in [3.8, 4) is 17.5 Å². The summed E-state index contributed by atoms with van der Waals surface area (Å²) in [5.41, 5.74) is 0.958. The van der Waals surface area contributed by atoms with Gasteiger partial charge in [-0.3, -0.25) is 4.79 Å². The predicted molar refractivity (Wildman–Crippen MR) is 104 cm³/mol. The summed E-state index contributed by atoms with van der Waals surface area (Å²) in [5, 5.41) is 11.9. The first-order chi connectivity index (χ1) is 13.2. The summed E-state index contributed by atoms with van der Waals surface area (Å²) in [6, 6.07) is 13.0. The van der Waals surface area contributed by atoms with E-state index in [-0.39, 0.29) is 11.6 Å². The first kappa shape index (κ1) is 17.6. The molecule has 27 heavy (non-hydrogen) atoms. The van der Waals surface area contributed by atoms with Gasteiger partial charge in [0.1, 0.15) is 6.07 Å². The number of benzene rings is 1. The lowest BCUT2D eigenvalue weighted by Gasteiger charge is -2.34. The van der Waals surface area contributed by atoms with Crippen LogP contribution in [0.15, 0.2) is 46.2 Å². The maximum absolute atomic E-state index is 12.5. The maximum Gasteiger partial charge on any atom is 0.264 e. The Morgan fingerprint density at radius 3 is 2.70 bits per heavy atom. The summed E-state index contributed by atoms with van der Waals surface area (Å²) >= 11 is 7.47. The fraction of sp³-hybridized carbons (Fsp3) is 0.211. The number of hydrogen-bond acceptors (Lipinski definition) is 6. The van der Waals surface area contributed by atoms with E-state index >= 15 is 0 Å². The van der Waals surface area contributed by atoms with Crippen LogP contribution in [0.4, 0.5) is 5.88 Å². The number of thiophene rings is 1. The minimum absolute atomic E-state index is 0.0438. The molecule has 8 heteroatoms. The largest absolute Gasteiger partial charge is 0.419 e. The van der Waals surface area contributed by atoms with E-state index in [0.29, 0.717) is 43.0 Å². The molecule has 0 bridgehead atoms. The van der Waals surface area contributed by atoms with Crippen molar-refractivity contribution in [3.63, 3.8) is 0 Å². The minimum Gasteiger partial charge on any atom is -0.419 e. The normalized spacial score (nSPS) is 14.2. The highest BCUT2D eigenvalue weighted by atomic mass is 35.5. The Hall–Kier alpha value is -2.82. The second-order valence-electron chi connectivity index (χ2n) is 6.05. The zero-order valence-corrected chi connectivity index (χ0v) is 15.8. The molecular formula is C19H15ClN4O2S. The van der Waals surface area contributed by atoms with Crippen LogP contribution < -0.4 is 4.90 Å². The van der Waals surface area contributed by atoms with Gasteiger partial charge in [0, 0.05) is 36.8 Å². The molecule has 0 radical (unpaired) electrons. The summed E-state index contributed by atoms with van der Waals surface area (Å²) in [6.45, 7) is 2.29. The van der Waals surface area contributed by atoms with Crippen LogP contribution in [-0.4, -0.2) is 42.0 Å². The molecule has 3 heterocycles. The first-order valence-corrected chi connectivity index (χ1v) is 9.66. The van der Waals surface area contributed by atoms with Gasteiger partial charge < -0.3 is 14.2 Å². The van der Waals surface area contributed by atoms with Crippen molar-refractivity contribution in [2.24, 2.45) is 0 Å². The molecule has 1 aromatic carbocycles. The van der Waals surface area contributed by atoms with Gasteiger partial charge in [0.05, 0.1) is 4.88 Å². The Kier molecular flexibility index (Phi) is 4.84. The highest BCUT2D eigenvalue weighted by molar-refractivity contribution is 7.12. The quantitative estimate of drug-likeness (QED) is 0.669. The number of aromatic nitrogens is 1. The van der Waals surface area contributed by atoms with Crippen LogP contribution in [0.5, 0.6) is 0 Å². The second kappa shape index (κ2) is 7.43. The molecule has 0 atom stereocenters. The molecule has 1 amide bonds. The van der Waals surface area contributed by atoms with Gasteiger partial charge in [0.15, 0.2) is 0 Å². The lowest BCUT2D eigenvalue weighted by atomic mass is 10.2. The number of nitrogens with zero attached hydrogens (tertiary/aromatic N) is 4. The summed E-state index contributed by atoms with van der Waals surface area (Å²) in [7, 11) is 0. The number of halogens is 1. The number of hydrogen-bond donors (Lipinski definition) is 0. The van der Waals surface area contributed by atoms with Gasteiger partial charge in [0.25, 0.3) is 5.91 Å². The number of nitriles is 1. The molecule has 0 aliphatic carbocycles. The van der Waals surface area contributed by atoms with Gasteiger partial charge in [-0.15, -0.1) is 11.3 Å². The van der Waals surface area contributed by atoms with Gasteiger partial charge in [-0.05, 0) is 29.6 Å². The van der Waals surface area contributed by atoms with Crippen LogP contribution in [0.2, 0.25) is 5.02 Å². The maximum atomic E-state index is 12.5. The monoisotopic (exact) mass is 398 g/mol. The van der Waals surface area contributed by atoms with E-state index < -0.39 is 0 Å². The third kappa shape index (κ3) is 3.54. The van der Waals surface area contributed by atoms with Gasteiger partial charge >= 0.3 is 0 Å². The first-order valence-electron chi connectivity index (χ1n) is 8.40. The molecule has 2 aromatic heterocycles. The van der Waals surface area contributed by atoms with Crippen molar-refractivity contribution in [3.05, 3.63) is 57.4 Å². The van der Waals surface area contributed by atoms with Crippen molar-refractivity contribution in [1.29, 1.82) is 5.26 Å². The van der Waals surface area contributed by atoms with Crippen LogP contribution in [0.3, 0.4) is 0 Å². The fourth-order valence-corrected chi connectivity index (χ4v) is 3.89.